The van der Waals surface area contributed by atoms with E-state index in [0.717, 1.165) is 182 Å². The summed E-state index contributed by atoms with van der Waals surface area (Å²) >= 11 is 0. The molecule has 0 aliphatic carbocycles. The summed E-state index contributed by atoms with van der Waals surface area (Å²) in [5.74, 6) is 0.633. The Hall–Kier alpha value is -12.0. The highest BCUT2D eigenvalue weighted by molar-refractivity contribution is 6.20. The van der Waals surface area contributed by atoms with E-state index in [4.69, 9.17) is 23.2 Å². The molecular weight excluding hydrogens is 1080 g/mol. The highest BCUT2D eigenvalue weighted by Crippen LogP contribution is 2.44. The van der Waals surface area contributed by atoms with E-state index < -0.39 is 0 Å². The predicted octanol–water partition coefficient (Wildman–Crippen LogP) is 21.6. The Morgan fingerprint density at radius 2 is 0.625 bits per heavy atom. The second-order valence-corrected chi connectivity index (χ2v) is 23.2. The van der Waals surface area contributed by atoms with Gasteiger partial charge in [0.15, 0.2) is 5.82 Å². The summed E-state index contributed by atoms with van der Waals surface area (Å²) < 4.78 is 26.4. The van der Waals surface area contributed by atoms with Crippen LogP contribution in [0.1, 0.15) is 0 Å². The molecule has 0 unspecified atom stereocenters. The fourth-order valence-corrected chi connectivity index (χ4v) is 14.4. The van der Waals surface area contributed by atoms with Gasteiger partial charge < -0.3 is 27.0 Å². The van der Waals surface area contributed by atoms with Gasteiger partial charge in [-0.15, -0.1) is 0 Å². The minimum atomic E-state index is 0.633. The lowest BCUT2D eigenvalue weighted by Crippen LogP contribution is -1.99. The van der Waals surface area contributed by atoms with Crippen LogP contribution in [0, 0.1) is 0 Å². The van der Waals surface area contributed by atoms with Gasteiger partial charge in [0.25, 0.3) is 0 Å². The third-order valence-electron chi connectivity index (χ3n) is 18.4. The highest BCUT2D eigenvalue weighted by atomic mass is 16.3. The van der Waals surface area contributed by atoms with Crippen LogP contribution in [0.3, 0.4) is 0 Å². The van der Waals surface area contributed by atoms with Crippen LogP contribution in [0.5, 0.6) is 0 Å². The number of para-hydroxylation sites is 6. The molecule has 0 atom stereocenters. The Morgan fingerprint density at radius 3 is 1.11 bits per heavy atom. The zero-order valence-electron chi connectivity index (χ0n) is 46.9. The Balaban J connectivity index is 0.766. The van der Waals surface area contributed by atoms with E-state index in [1.807, 2.05) is 36.4 Å². The maximum atomic E-state index is 6.47. The summed E-state index contributed by atoms with van der Waals surface area (Å²) in [5, 5.41) is 14.4. The fraction of sp³-hybridized carbons (Fsp3) is 0. The van der Waals surface area contributed by atoms with Crippen LogP contribution in [0.25, 0.3) is 193 Å². The van der Waals surface area contributed by atoms with Crippen molar-refractivity contribution in [3.8, 4) is 50.8 Å². The lowest BCUT2D eigenvalue weighted by Gasteiger charge is -2.15. The van der Waals surface area contributed by atoms with Crippen molar-refractivity contribution >= 4 is 142 Å². The molecule has 408 valence electrons. The van der Waals surface area contributed by atoms with Gasteiger partial charge >= 0.3 is 0 Å². The summed E-state index contributed by atoms with van der Waals surface area (Å²) in [6, 6.07) is 97.4. The topological polar surface area (TPSA) is 80.0 Å². The summed E-state index contributed by atoms with van der Waals surface area (Å²) in [4.78, 5) is 11.2. The maximum absolute atomic E-state index is 6.47. The van der Waals surface area contributed by atoms with Gasteiger partial charge in [-0.3, -0.25) is 0 Å². The molecule has 20 aromatic rings. The molecule has 8 nitrogen and oxygen atoms in total. The number of nitrogens with zero attached hydrogens (tertiary/aromatic N) is 5. The van der Waals surface area contributed by atoms with Crippen LogP contribution >= 0.6 is 0 Å². The van der Waals surface area contributed by atoms with Crippen LogP contribution in [-0.4, -0.2) is 23.7 Å². The standard InChI is InChI=1S/C80H45N5O3/c1-7-25-67-53(19-1)59-43-76-62(56-22-4-10-28-73(56)86-76)40-70(59)83(67)50-34-31-46(32-35-50)47-33-36-66-65(39-47)79(48-15-13-17-51(37-48)84-68-26-8-2-20-54(68)60-44-77-63(41-71(60)84)57-23-5-11-29-74(57)87-77)82-80(81-66)49-16-14-18-52(38-49)85-69-27-9-3-21-55(69)61-45-78-64(42-72(61)85)58-24-6-12-30-75(58)88-78/h1-45H. The van der Waals surface area contributed by atoms with Crippen LogP contribution in [0.2, 0.25) is 0 Å². The molecule has 20 rings (SSSR count). The minimum Gasteiger partial charge on any atom is -0.456 e. The van der Waals surface area contributed by atoms with Crippen LogP contribution < -0.4 is 0 Å². The highest BCUT2D eigenvalue weighted by Gasteiger charge is 2.22. The molecule has 0 aliphatic heterocycles. The lowest BCUT2D eigenvalue weighted by atomic mass is 9.99. The van der Waals surface area contributed by atoms with Crippen molar-refractivity contribution in [2.45, 2.75) is 0 Å². The molecule has 0 spiro atoms. The first-order valence-electron chi connectivity index (χ1n) is 29.8. The monoisotopic (exact) mass is 1120 g/mol. The van der Waals surface area contributed by atoms with Crippen molar-refractivity contribution in [1.29, 1.82) is 0 Å². The third kappa shape index (κ3) is 6.79. The smallest absolute Gasteiger partial charge is 0.160 e. The van der Waals surface area contributed by atoms with E-state index in [9.17, 15) is 0 Å². The fourth-order valence-electron chi connectivity index (χ4n) is 14.4. The van der Waals surface area contributed by atoms with Gasteiger partial charge in [-0.1, -0.05) is 152 Å². The van der Waals surface area contributed by atoms with Gasteiger partial charge in [0.1, 0.15) is 33.5 Å². The first-order valence-corrected chi connectivity index (χ1v) is 29.8. The van der Waals surface area contributed by atoms with Gasteiger partial charge in [-0.2, -0.15) is 0 Å². The summed E-state index contributed by atoms with van der Waals surface area (Å²) in [5.41, 5.74) is 20.8. The van der Waals surface area contributed by atoms with E-state index in [-0.39, 0.29) is 0 Å². The first kappa shape index (κ1) is 47.4. The van der Waals surface area contributed by atoms with Crippen LogP contribution in [0.4, 0.5) is 0 Å². The molecule has 88 heavy (non-hydrogen) atoms. The second-order valence-electron chi connectivity index (χ2n) is 23.2. The maximum Gasteiger partial charge on any atom is 0.160 e. The molecule has 0 radical (unpaired) electrons. The Kier molecular flexibility index (Phi) is 9.57. The molecule has 0 aliphatic rings. The van der Waals surface area contributed by atoms with Gasteiger partial charge in [0, 0.05) is 98.2 Å². The van der Waals surface area contributed by atoms with Crippen molar-refractivity contribution < 1.29 is 13.3 Å². The van der Waals surface area contributed by atoms with Crippen molar-refractivity contribution in [3.63, 3.8) is 0 Å². The van der Waals surface area contributed by atoms with Crippen LogP contribution in [-0.2, 0) is 0 Å². The van der Waals surface area contributed by atoms with Crippen molar-refractivity contribution in [1.82, 2.24) is 23.7 Å². The number of rotatable bonds is 6. The third-order valence-corrected chi connectivity index (χ3v) is 18.4. The van der Waals surface area contributed by atoms with Gasteiger partial charge in [0.2, 0.25) is 0 Å². The average Bonchev–Trinajstić information content (AvgIpc) is 1.82. The molecule has 13 aromatic carbocycles. The average molecular weight is 1120 g/mol. The van der Waals surface area contributed by atoms with Gasteiger partial charge in [0.05, 0.1) is 44.3 Å². The number of hydrogen-bond acceptors (Lipinski definition) is 5. The molecule has 0 saturated heterocycles. The second kappa shape index (κ2) is 17.8. The molecule has 8 heteroatoms. The molecule has 0 N–H and O–H groups in total. The molecule has 0 bridgehead atoms. The Morgan fingerprint density at radius 1 is 0.216 bits per heavy atom. The number of fused-ring (bicyclic) bond motifs is 19. The van der Waals surface area contributed by atoms with E-state index in [2.05, 4.69) is 250 Å². The van der Waals surface area contributed by atoms with Crippen molar-refractivity contribution in [3.05, 3.63) is 273 Å². The lowest BCUT2D eigenvalue weighted by molar-refractivity contribution is 0.669. The Labute approximate surface area is 500 Å². The quantitative estimate of drug-likeness (QED) is 0.166. The largest absolute Gasteiger partial charge is 0.456 e. The summed E-state index contributed by atoms with van der Waals surface area (Å²) in [6.07, 6.45) is 0. The van der Waals surface area contributed by atoms with E-state index in [1.54, 1.807) is 0 Å². The zero-order chi connectivity index (χ0) is 57.3. The molecule has 0 fully saturated rings. The molecule has 0 saturated carbocycles. The molecule has 7 heterocycles. The zero-order valence-corrected chi connectivity index (χ0v) is 46.9. The predicted molar refractivity (Wildman–Crippen MR) is 361 cm³/mol. The normalized spacial score (nSPS) is 12.3. The number of hydrogen-bond donors (Lipinski definition) is 0. The number of benzene rings is 13. The SMILES string of the molecule is c1cc(-c2nc(-c3cccc(-n4c5ccccc5c5cc6oc7ccccc7c6cc54)c3)c3cc(-c4ccc(-n5c6ccccc6c6cc7oc8ccccc8c7cc65)cc4)ccc3n2)cc(-n2c3ccccc3c3cc4oc5ccccc5c4cc32)c1. The van der Waals surface area contributed by atoms with Gasteiger partial charge in [-0.05, 0) is 132 Å². The summed E-state index contributed by atoms with van der Waals surface area (Å²) in [7, 11) is 0. The molecule has 0 amide bonds. The number of aromatic nitrogens is 5. The minimum absolute atomic E-state index is 0.633. The molecular formula is C80H45N5O3. The van der Waals surface area contributed by atoms with E-state index >= 15 is 0 Å². The van der Waals surface area contributed by atoms with E-state index in [0.29, 0.717) is 5.82 Å². The summed E-state index contributed by atoms with van der Waals surface area (Å²) in [6.45, 7) is 0. The van der Waals surface area contributed by atoms with Crippen molar-refractivity contribution in [2.75, 3.05) is 0 Å². The van der Waals surface area contributed by atoms with Crippen molar-refractivity contribution in [2.24, 2.45) is 0 Å². The number of furan rings is 3. The van der Waals surface area contributed by atoms with Crippen LogP contribution in [0.15, 0.2) is 286 Å². The Bertz CT molecular complexity index is 6380. The van der Waals surface area contributed by atoms with E-state index in [1.165, 1.54) is 5.39 Å². The molecule has 7 aromatic heterocycles. The first-order chi connectivity index (χ1) is 43.6. The van der Waals surface area contributed by atoms with Gasteiger partial charge in [-0.25, -0.2) is 9.97 Å².